The molecule has 1 amide bonds. The summed E-state index contributed by atoms with van der Waals surface area (Å²) in [6.45, 7) is 1.22. The Kier molecular flexibility index (Phi) is 5.34. The molecule has 8 nitrogen and oxygen atoms in total. The number of benzene rings is 1. The first-order valence-corrected chi connectivity index (χ1v) is 8.87. The molecule has 1 aromatic carbocycles. The molecule has 1 aliphatic rings. The van der Waals surface area contributed by atoms with Crippen molar-refractivity contribution in [2.24, 2.45) is 20.0 Å². The van der Waals surface area contributed by atoms with Crippen molar-refractivity contribution in [3.05, 3.63) is 51.2 Å². The van der Waals surface area contributed by atoms with Crippen LogP contribution in [0.1, 0.15) is 12.8 Å². The third kappa shape index (κ3) is 3.89. The SMILES string of the molecule is COc1cccc(NC(=O)C2CCN(c3cc(=O)n(C)c(=O)n3C)CC2)c1. The molecule has 0 radical (unpaired) electrons. The lowest BCUT2D eigenvalue weighted by atomic mass is 9.95. The molecular formula is C19H24N4O4. The van der Waals surface area contributed by atoms with E-state index in [9.17, 15) is 14.4 Å². The number of anilines is 2. The van der Waals surface area contributed by atoms with Gasteiger partial charge in [-0.15, -0.1) is 0 Å². The van der Waals surface area contributed by atoms with E-state index in [0.717, 1.165) is 4.57 Å². The number of ether oxygens (including phenoxy) is 1. The fourth-order valence-corrected chi connectivity index (χ4v) is 3.34. The number of nitrogens with one attached hydrogen (secondary N) is 1. The largest absolute Gasteiger partial charge is 0.497 e. The second-order valence-electron chi connectivity index (χ2n) is 6.72. The Hall–Kier alpha value is -3.03. The van der Waals surface area contributed by atoms with E-state index in [1.165, 1.54) is 17.7 Å². The average Bonchev–Trinajstić information content (AvgIpc) is 2.69. The molecule has 2 aromatic rings. The van der Waals surface area contributed by atoms with Gasteiger partial charge in [0.25, 0.3) is 5.56 Å². The predicted octanol–water partition coefficient (Wildman–Crippen LogP) is 0.948. The normalized spacial score (nSPS) is 14.9. The van der Waals surface area contributed by atoms with Gasteiger partial charge in [-0.05, 0) is 25.0 Å². The smallest absolute Gasteiger partial charge is 0.332 e. The van der Waals surface area contributed by atoms with E-state index < -0.39 is 0 Å². The van der Waals surface area contributed by atoms with Crippen molar-refractivity contribution in [1.82, 2.24) is 9.13 Å². The van der Waals surface area contributed by atoms with E-state index in [0.29, 0.717) is 43.2 Å². The van der Waals surface area contributed by atoms with Crippen LogP contribution in [0, 0.1) is 5.92 Å². The van der Waals surface area contributed by atoms with E-state index in [1.807, 2.05) is 23.1 Å². The van der Waals surface area contributed by atoms with E-state index >= 15 is 0 Å². The van der Waals surface area contributed by atoms with Crippen LogP contribution < -0.4 is 26.2 Å². The summed E-state index contributed by atoms with van der Waals surface area (Å²) in [5, 5.41) is 2.93. The van der Waals surface area contributed by atoms with Crippen LogP contribution in [-0.2, 0) is 18.9 Å². The van der Waals surface area contributed by atoms with Gasteiger partial charge in [0.05, 0.1) is 7.11 Å². The first kappa shape index (κ1) is 18.8. The van der Waals surface area contributed by atoms with Gasteiger partial charge < -0.3 is 15.0 Å². The van der Waals surface area contributed by atoms with Crippen molar-refractivity contribution < 1.29 is 9.53 Å². The first-order valence-electron chi connectivity index (χ1n) is 8.87. The van der Waals surface area contributed by atoms with Crippen molar-refractivity contribution in [2.45, 2.75) is 12.8 Å². The van der Waals surface area contributed by atoms with Gasteiger partial charge in [-0.1, -0.05) is 6.07 Å². The zero-order chi connectivity index (χ0) is 19.6. The van der Waals surface area contributed by atoms with E-state index in [4.69, 9.17) is 4.74 Å². The molecule has 1 saturated heterocycles. The standard InChI is InChI=1S/C19H24N4O4/c1-21-16(12-17(24)22(2)19(21)26)23-9-7-13(8-10-23)18(25)20-14-5-4-6-15(11-14)27-3/h4-6,11-13H,7-10H2,1-3H3,(H,20,25). The van der Waals surface area contributed by atoms with Crippen LogP contribution in [0.3, 0.4) is 0 Å². The van der Waals surface area contributed by atoms with Crippen LogP contribution in [0.4, 0.5) is 11.5 Å². The molecule has 144 valence electrons. The summed E-state index contributed by atoms with van der Waals surface area (Å²) < 4.78 is 7.72. The van der Waals surface area contributed by atoms with Gasteiger partial charge in [-0.25, -0.2) is 4.79 Å². The second-order valence-corrected chi connectivity index (χ2v) is 6.72. The molecule has 0 unspecified atom stereocenters. The van der Waals surface area contributed by atoms with Crippen LogP contribution in [0.25, 0.3) is 0 Å². The monoisotopic (exact) mass is 372 g/mol. The number of aromatic nitrogens is 2. The number of hydrogen-bond acceptors (Lipinski definition) is 5. The molecule has 0 atom stereocenters. The minimum absolute atomic E-state index is 0.0271. The number of amides is 1. The molecule has 27 heavy (non-hydrogen) atoms. The lowest BCUT2D eigenvalue weighted by Gasteiger charge is -2.33. The quantitative estimate of drug-likeness (QED) is 0.864. The van der Waals surface area contributed by atoms with E-state index in [-0.39, 0.29) is 23.1 Å². The summed E-state index contributed by atoms with van der Waals surface area (Å²) in [6, 6.07) is 8.72. The highest BCUT2D eigenvalue weighted by atomic mass is 16.5. The summed E-state index contributed by atoms with van der Waals surface area (Å²) >= 11 is 0. The van der Waals surface area contributed by atoms with E-state index in [2.05, 4.69) is 5.32 Å². The van der Waals surface area contributed by atoms with E-state index in [1.54, 1.807) is 20.2 Å². The fourth-order valence-electron chi connectivity index (χ4n) is 3.34. The third-order valence-corrected chi connectivity index (χ3v) is 5.03. The second kappa shape index (κ2) is 7.69. The highest BCUT2D eigenvalue weighted by molar-refractivity contribution is 5.92. The number of carbonyl (C=O) groups excluding carboxylic acids is 1. The van der Waals surface area contributed by atoms with Gasteiger partial charge in [0.2, 0.25) is 5.91 Å². The minimum atomic E-state index is -0.351. The maximum atomic E-state index is 12.6. The first-order chi connectivity index (χ1) is 12.9. The van der Waals surface area contributed by atoms with Crippen molar-refractivity contribution in [3.8, 4) is 5.75 Å². The number of methoxy groups -OCH3 is 1. The van der Waals surface area contributed by atoms with Crippen LogP contribution in [-0.4, -0.2) is 35.2 Å². The molecule has 2 heterocycles. The molecule has 0 spiro atoms. The summed E-state index contributed by atoms with van der Waals surface area (Å²) in [5.74, 6) is 1.14. The molecule has 1 aliphatic heterocycles. The fraction of sp³-hybridized carbons (Fsp3) is 0.421. The van der Waals surface area contributed by atoms with Crippen LogP contribution in [0.15, 0.2) is 39.9 Å². The van der Waals surface area contributed by atoms with Gasteiger partial charge in [0.1, 0.15) is 11.6 Å². The highest BCUT2D eigenvalue weighted by Crippen LogP contribution is 2.24. The average molecular weight is 372 g/mol. The predicted molar refractivity (Wildman–Crippen MR) is 103 cm³/mol. The number of piperidine rings is 1. The van der Waals surface area contributed by atoms with Gasteiger partial charge >= 0.3 is 5.69 Å². The van der Waals surface area contributed by atoms with Crippen molar-refractivity contribution in [3.63, 3.8) is 0 Å². The Balaban J connectivity index is 1.66. The van der Waals surface area contributed by atoms with Crippen LogP contribution in [0.5, 0.6) is 5.75 Å². The Morgan fingerprint density at radius 1 is 1.11 bits per heavy atom. The van der Waals surface area contributed by atoms with Crippen LogP contribution in [0.2, 0.25) is 0 Å². The van der Waals surface area contributed by atoms with Gasteiger partial charge in [0, 0.05) is 50.9 Å². The Morgan fingerprint density at radius 3 is 2.48 bits per heavy atom. The highest BCUT2D eigenvalue weighted by Gasteiger charge is 2.26. The lowest BCUT2D eigenvalue weighted by Crippen LogP contribution is -2.44. The van der Waals surface area contributed by atoms with Gasteiger partial charge in [-0.3, -0.25) is 18.7 Å². The van der Waals surface area contributed by atoms with Gasteiger partial charge in [0.15, 0.2) is 0 Å². The zero-order valence-electron chi connectivity index (χ0n) is 15.8. The zero-order valence-corrected chi connectivity index (χ0v) is 15.8. The molecule has 1 aromatic heterocycles. The van der Waals surface area contributed by atoms with Crippen molar-refractivity contribution in [1.29, 1.82) is 0 Å². The van der Waals surface area contributed by atoms with Crippen molar-refractivity contribution >= 4 is 17.4 Å². The number of hydrogen-bond donors (Lipinski definition) is 1. The maximum Gasteiger partial charge on any atom is 0.332 e. The third-order valence-electron chi connectivity index (χ3n) is 5.03. The molecule has 0 aliphatic carbocycles. The molecule has 1 N–H and O–H groups in total. The summed E-state index contributed by atoms with van der Waals surface area (Å²) in [7, 11) is 4.70. The Labute approximate surface area is 157 Å². The molecule has 3 rings (SSSR count). The number of nitrogens with zero attached hydrogens (tertiary/aromatic N) is 3. The maximum absolute atomic E-state index is 12.6. The van der Waals surface area contributed by atoms with Crippen molar-refractivity contribution in [2.75, 3.05) is 30.4 Å². The summed E-state index contributed by atoms with van der Waals surface area (Å²) in [4.78, 5) is 38.6. The molecule has 8 heteroatoms. The molecule has 0 bridgehead atoms. The topological polar surface area (TPSA) is 85.6 Å². The van der Waals surface area contributed by atoms with Crippen LogP contribution >= 0.6 is 0 Å². The summed E-state index contributed by atoms with van der Waals surface area (Å²) in [6.07, 6.45) is 1.30. The minimum Gasteiger partial charge on any atom is -0.497 e. The Bertz CT molecular complexity index is 955. The summed E-state index contributed by atoms with van der Waals surface area (Å²) in [5.41, 5.74) is 0.0251. The number of rotatable bonds is 4. The molecule has 0 saturated carbocycles. The molecule has 1 fully saturated rings. The lowest BCUT2D eigenvalue weighted by molar-refractivity contribution is -0.120. The molecular weight excluding hydrogens is 348 g/mol. The number of carbonyl (C=O) groups is 1. The van der Waals surface area contributed by atoms with Gasteiger partial charge in [-0.2, -0.15) is 0 Å². The Morgan fingerprint density at radius 2 is 1.81 bits per heavy atom.